The number of nitrogens with one attached hydrogen (secondary N) is 2. The van der Waals surface area contributed by atoms with Gasteiger partial charge in [0.25, 0.3) is 0 Å². The van der Waals surface area contributed by atoms with Gasteiger partial charge >= 0.3 is 7.58 Å². The summed E-state index contributed by atoms with van der Waals surface area (Å²) >= 11 is 11.0. The van der Waals surface area contributed by atoms with Crippen LogP contribution in [0.2, 0.25) is 0 Å². The van der Waals surface area contributed by atoms with Gasteiger partial charge in [-0.15, -0.1) is 22.2 Å². The molecule has 0 unspecified atom stereocenters. The van der Waals surface area contributed by atoms with Crippen LogP contribution in [-0.2, 0) is 0 Å². The molecule has 0 aromatic heterocycles. The molecule has 0 spiro atoms. The van der Waals surface area contributed by atoms with E-state index in [4.69, 9.17) is 22.2 Å². The first-order valence-corrected chi connectivity index (χ1v) is 7.06. The van der Waals surface area contributed by atoms with Crippen LogP contribution < -0.4 is 10.3 Å². The minimum atomic E-state index is -1.56. The van der Waals surface area contributed by atoms with Crippen LogP contribution in [0.15, 0.2) is 0 Å². The Hall–Kier alpha value is 0.717. The lowest BCUT2D eigenvalue weighted by molar-refractivity contribution is 0.705. The van der Waals surface area contributed by atoms with E-state index in [0.717, 1.165) is 19.6 Å². The van der Waals surface area contributed by atoms with Crippen molar-refractivity contribution in [3.8, 4) is 0 Å². The van der Waals surface area contributed by atoms with Crippen molar-refractivity contribution in [1.82, 2.24) is 10.3 Å². The topological polar surface area (TPSA) is 24.1 Å². The Balaban J connectivity index is 2.75. The second-order valence-corrected chi connectivity index (χ2v) is 5.91. The smallest absolute Gasteiger partial charge is 0.306 e. The summed E-state index contributed by atoms with van der Waals surface area (Å²) in [7, 11) is -1.56. The maximum atomic E-state index is 5.52. The summed E-state index contributed by atoms with van der Waals surface area (Å²) in [4.78, 5) is 2.99. The Labute approximate surface area is 67.0 Å². The molecule has 0 aromatic carbocycles. The van der Waals surface area contributed by atoms with Gasteiger partial charge in [-0.05, 0) is 6.54 Å². The summed E-state index contributed by atoms with van der Waals surface area (Å²) in [5, 5.41) is 3.15. The average Bonchev–Trinajstić information content (AvgIpc) is 1.80. The van der Waals surface area contributed by atoms with Crippen LogP contribution in [0, 0.1) is 0 Å². The number of rotatable bonds is 5. The van der Waals surface area contributed by atoms with Crippen molar-refractivity contribution >= 4 is 29.7 Å². The molecule has 0 fully saturated rings. The Morgan fingerprint density at radius 2 is 2.00 bits per heavy atom. The fourth-order valence-electron chi connectivity index (χ4n) is 0.446. The van der Waals surface area contributed by atoms with E-state index in [-0.39, 0.29) is 0 Å². The highest BCUT2D eigenvalue weighted by molar-refractivity contribution is 7.32. The number of hydrogen-bond donors (Lipinski definition) is 2. The molecule has 0 saturated heterocycles. The molecule has 0 saturated carbocycles. The van der Waals surface area contributed by atoms with Gasteiger partial charge in [-0.1, -0.05) is 6.92 Å². The van der Waals surface area contributed by atoms with Crippen LogP contribution in [0.4, 0.5) is 0 Å². The molecular formula is C4H12Cl2N2Si. The first-order valence-electron chi connectivity index (χ1n) is 2.99. The quantitative estimate of drug-likeness (QED) is 0.369. The van der Waals surface area contributed by atoms with E-state index in [1.54, 1.807) is 0 Å². The zero-order valence-electron chi connectivity index (χ0n) is 5.45. The first-order chi connectivity index (χ1) is 4.27. The molecular weight excluding hydrogens is 175 g/mol. The standard InChI is InChI=1S/C4H12Cl2N2Si/c1-2-7-3-4-8-9(5)6/h7-9H,2-4H2,1H3. The molecule has 56 valence electrons. The molecule has 0 aliphatic carbocycles. The molecule has 0 bridgehead atoms. The fraction of sp³-hybridized carbons (Fsp3) is 1.00. The van der Waals surface area contributed by atoms with E-state index in [0.29, 0.717) is 0 Å². The summed E-state index contributed by atoms with van der Waals surface area (Å²) in [5.74, 6) is 0. The van der Waals surface area contributed by atoms with E-state index in [1.807, 2.05) is 0 Å². The maximum absolute atomic E-state index is 5.52. The average molecular weight is 187 g/mol. The Bertz CT molecular complexity index is 62.5. The molecule has 5 heteroatoms. The van der Waals surface area contributed by atoms with Crippen molar-refractivity contribution in [3.05, 3.63) is 0 Å². The van der Waals surface area contributed by atoms with Crippen molar-refractivity contribution in [2.75, 3.05) is 19.6 Å². The number of likely N-dealkylation sites (N-methyl/N-ethyl adjacent to an activating group) is 1. The predicted octanol–water partition coefficient (Wildman–Crippen LogP) is 0.380. The second kappa shape index (κ2) is 6.83. The Morgan fingerprint density at radius 3 is 2.44 bits per heavy atom. The lowest BCUT2D eigenvalue weighted by Gasteiger charge is -2.02. The van der Waals surface area contributed by atoms with Crippen LogP contribution in [0.1, 0.15) is 6.92 Å². The largest absolute Gasteiger partial charge is 0.316 e. The van der Waals surface area contributed by atoms with Crippen LogP contribution >= 0.6 is 22.2 Å². The van der Waals surface area contributed by atoms with Crippen molar-refractivity contribution in [1.29, 1.82) is 0 Å². The van der Waals surface area contributed by atoms with Gasteiger partial charge in [0.2, 0.25) is 0 Å². The highest BCUT2D eigenvalue weighted by Crippen LogP contribution is 1.86. The highest BCUT2D eigenvalue weighted by Gasteiger charge is 1.96. The van der Waals surface area contributed by atoms with E-state index >= 15 is 0 Å². The van der Waals surface area contributed by atoms with E-state index in [9.17, 15) is 0 Å². The second-order valence-electron chi connectivity index (χ2n) is 1.61. The van der Waals surface area contributed by atoms with E-state index in [1.165, 1.54) is 0 Å². The summed E-state index contributed by atoms with van der Waals surface area (Å²) in [6, 6.07) is 0. The monoisotopic (exact) mass is 186 g/mol. The zero-order chi connectivity index (χ0) is 7.11. The molecule has 0 aliphatic heterocycles. The van der Waals surface area contributed by atoms with Gasteiger partial charge in [0.05, 0.1) is 0 Å². The minimum absolute atomic E-state index is 0.873. The predicted molar refractivity (Wildman–Crippen MR) is 45.4 cm³/mol. The van der Waals surface area contributed by atoms with Crippen LogP contribution in [0.5, 0.6) is 0 Å². The Morgan fingerprint density at radius 1 is 1.33 bits per heavy atom. The van der Waals surface area contributed by atoms with Gasteiger partial charge in [0.15, 0.2) is 0 Å². The maximum Gasteiger partial charge on any atom is 0.306 e. The number of hydrogen-bond acceptors (Lipinski definition) is 2. The highest BCUT2D eigenvalue weighted by atomic mass is 35.7. The molecule has 0 heterocycles. The van der Waals surface area contributed by atoms with Crippen LogP contribution in [-0.4, -0.2) is 27.2 Å². The van der Waals surface area contributed by atoms with Crippen molar-refractivity contribution in [2.24, 2.45) is 0 Å². The lowest BCUT2D eigenvalue weighted by atomic mass is 10.6. The third kappa shape index (κ3) is 8.72. The third-order valence-electron chi connectivity index (χ3n) is 0.850. The minimum Gasteiger partial charge on any atom is -0.316 e. The van der Waals surface area contributed by atoms with Gasteiger partial charge < -0.3 is 10.3 Å². The molecule has 0 radical (unpaired) electrons. The summed E-state index contributed by atoms with van der Waals surface area (Å²) < 4.78 is 0. The molecule has 0 aliphatic rings. The van der Waals surface area contributed by atoms with Crippen molar-refractivity contribution < 1.29 is 0 Å². The van der Waals surface area contributed by atoms with Crippen LogP contribution in [0.3, 0.4) is 0 Å². The lowest BCUT2D eigenvalue weighted by Crippen LogP contribution is -2.31. The van der Waals surface area contributed by atoms with Crippen LogP contribution in [0.25, 0.3) is 0 Å². The van der Waals surface area contributed by atoms with Gasteiger partial charge in [-0.25, -0.2) is 0 Å². The third-order valence-corrected chi connectivity index (χ3v) is 2.37. The zero-order valence-corrected chi connectivity index (χ0v) is 8.12. The van der Waals surface area contributed by atoms with E-state index in [2.05, 4.69) is 17.2 Å². The normalized spacial score (nSPS) is 10.7. The summed E-state index contributed by atoms with van der Waals surface area (Å²) in [6.07, 6.45) is 0. The first kappa shape index (κ1) is 9.72. The van der Waals surface area contributed by atoms with Gasteiger partial charge in [0.1, 0.15) is 0 Å². The van der Waals surface area contributed by atoms with E-state index < -0.39 is 7.58 Å². The summed E-state index contributed by atoms with van der Waals surface area (Å²) in [5.41, 5.74) is 0. The molecule has 0 aromatic rings. The number of halogens is 2. The Kier molecular flexibility index (Phi) is 7.38. The molecule has 0 amide bonds. The van der Waals surface area contributed by atoms with Gasteiger partial charge in [-0.3, -0.25) is 0 Å². The molecule has 2 N–H and O–H groups in total. The molecule has 0 atom stereocenters. The SMILES string of the molecule is CCNCCN[SiH](Cl)Cl. The molecule has 9 heavy (non-hydrogen) atoms. The molecule has 2 nitrogen and oxygen atoms in total. The van der Waals surface area contributed by atoms with Gasteiger partial charge in [0, 0.05) is 13.1 Å². The van der Waals surface area contributed by atoms with Gasteiger partial charge in [-0.2, -0.15) is 0 Å². The van der Waals surface area contributed by atoms with Crippen molar-refractivity contribution in [2.45, 2.75) is 6.92 Å². The van der Waals surface area contributed by atoms with Crippen molar-refractivity contribution in [3.63, 3.8) is 0 Å². The molecule has 0 rings (SSSR count). The fourth-order valence-corrected chi connectivity index (χ4v) is 1.46. The summed E-state index contributed by atoms with van der Waals surface area (Å²) in [6.45, 7) is 4.88.